The summed E-state index contributed by atoms with van der Waals surface area (Å²) in [7, 11) is 0. The second kappa shape index (κ2) is 7.09. The van der Waals surface area contributed by atoms with Crippen molar-refractivity contribution >= 4 is 21.9 Å². The van der Waals surface area contributed by atoms with E-state index in [0.29, 0.717) is 16.9 Å². The molecule has 5 nitrogen and oxygen atoms in total. The molecule has 1 aromatic carbocycles. The van der Waals surface area contributed by atoms with Gasteiger partial charge < -0.3 is 18.5 Å². The molecule has 24 heavy (non-hydrogen) atoms. The van der Waals surface area contributed by atoms with Crippen molar-refractivity contribution in [1.82, 2.24) is 4.90 Å². The highest BCUT2D eigenvalue weighted by atomic mass is 16.5. The summed E-state index contributed by atoms with van der Waals surface area (Å²) in [6.45, 7) is 9.12. The monoisotopic (exact) mass is 329 g/mol. The van der Waals surface area contributed by atoms with Gasteiger partial charge in [0.15, 0.2) is 11.2 Å². The fourth-order valence-corrected chi connectivity index (χ4v) is 2.90. The van der Waals surface area contributed by atoms with Crippen LogP contribution >= 0.6 is 0 Å². The molecule has 0 bridgehead atoms. The Bertz CT molecular complexity index is 876. The quantitative estimate of drug-likeness (QED) is 0.612. The molecule has 0 spiro atoms. The summed E-state index contributed by atoms with van der Waals surface area (Å²) < 4.78 is 17.3. The molecule has 128 valence electrons. The standard InChI is InChI=1S/C19H23NO4/c1-4-15(12-20(5-2)6-3)23-19-17-14(9-10-22-17)11-13-7-8-16(21)24-18(13)19/h7-11,15H,4-6,12H2,1-3H3. The van der Waals surface area contributed by atoms with Crippen molar-refractivity contribution in [2.24, 2.45) is 0 Å². The van der Waals surface area contributed by atoms with Gasteiger partial charge in [0.2, 0.25) is 5.75 Å². The summed E-state index contributed by atoms with van der Waals surface area (Å²) in [5.41, 5.74) is 0.674. The number of nitrogens with zero attached hydrogens (tertiary/aromatic N) is 1. The summed E-state index contributed by atoms with van der Waals surface area (Å²) in [4.78, 5) is 14.0. The fourth-order valence-electron chi connectivity index (χ4n) is 2.90. The second-order valence-corrected chi connectivity index (χ2v) is 5.85. The average molecular weight is 329 g/mol. The molecule has 0 radical (unpaired) electrons. The van der Waals surface area contributed by atoms with Gasteiger partial charge in [0.25, 0.3) is 0 Å². The molecule has 5 heteroatoms. The predicted octanol–water partition coefficient (Wildman–Crippen LogP) is 4.04. The lowest BCUT2D eigenvalue weighted by Crippen LogP contribution is -2.35. The summed E-state index contributed by atoms with van der Waals surface area (Å²) in [6.07, 6.45) is 2.47. The van der Waals surface area contributed by atoms with Crippen molar-refractivity contribution in [2.45, 2.75) is 33.3 Å². The number of rotatable bonds is 7. The van der Waals surface area contributed by atoms with Gasteiger partial charge in [0, 0.05) is 23.4 Å². The highest BCUT2D eigenvalue weighted by Gasteiger charge is 2.19. The number of fused-ring (bicyclic) bond motifs is 2. The van der Waals surface area contributed by atoms with Gasteiger partial charge >= 0.3 is 5.63 Å². The van der Waals surface area contributed by atoms with Crippen molar-refractivity contribution in [2.75, 3.05) is 19.6 Å². The maximum Gasteiger partial charge on any atom is 0.336 e. The molecule has 2 aromatic heterocycles. The minimum Gasteiger partial charge on any atom is -0.482 e. The Morgan fingerprint density at radius 1 is 1.08 bits per heavy atom. The van der Waals surface area contributed by atoms with Crippen LogP contribution in [-0.2, 0) is 0 Å². The largest absolute Gasteiger partial charge is 0.482 e. The van der Waals surface area contributed by atoms with Gasteiger partial charge in [-0.15, -0.1) is 0 Å². The average Bonchev–Trinajstić information content (AvgIpc) is 3.06. The minimum absolute atomic E-state index is 0.00527. The zero-order valence-corrected chi connectivity index (χ0v) is 14.4. The van der Waals surface area contributed by atoms with Crippen LogP contribution in [0.1, 0.15) is 27.2 Å². The van der Waals surface area contributed by atoms with Gasteiger partial charge in [-0.25, -0.2) is 4.79 Å². The van der Waals surface area contributed by atoms with Gasteiger partial charge in [0.1, 0.15) is 6.10 Å². The second-order valence-electron chi connectivity index (χ2n) is 5.85. The van der Waals surface area contributed by atoms with E-state index >= 15 is 0 Å². The van der Waals surface area contributed by atoms with Gasteiger partial charge in [0.05, 0.1) is 6.26 Å². The summed E-state index contributed by atoms with van der Waals surface area (Å²) >= 11 is 0. The highest BCUT2D eigenvalue weighted by molar-refractivity contribution is 5.99. The fraction of sp³-hybridized carbons (Fsp3) is 0.421. The smallest absolute Gasteiger partial charge is 0.336 e. The van der Waals surface area contributed by atoms with Crippen LogP contribution in [0.15, 0.2) is 44.2 Å². The number of benzene rings is 1. The molecule has 3 rings (SSSR count). The topological polar surface area (TPSA) is 55.8 Å². The van der Waals surface area contributed by atoms with E-state index in [-0.39, 0.29) is 6.10 Å². The first-order chi connectivity index (χ1) is 11.7. The van der Waals surface area contributed by atoms with E-state index < -0.39 is 5.63 Å². The third kappa shape index (κ3) is 3.17. The number of hydrogen-bond acceptors (Lipinski definition) is 5. The van der Waals surface area contributed by atoms with Crippen molar-refractivity contribution in [3.63, 3.8) is 0 Å². The lowest BCUT2D eigenvalue weighted by molar-refractivity contribution is 0.136. The first kappa shape index (κ1) is 16.6. The predicted molar refractivity (Wildman–Crippen MR) is 94.8 cm³/mol. The van der Waals surface area contributed by atoms with E-state index in [9.17, 15) is 4.79 Å². The molecular weight excluding hydrogens is 306 g/mol. The van der Waals surface area contributed by atoms with Gasteiger partial charge in [-0.1, -0.05) is 20.8 Å². The number of ether oxygens (including phenoxy) is 1. The molecule has 0 N–H and O–H groups in total. The number of likely N-dealkylation sites (N-methyl/N-ethyl adjacent to an activating group) is 1. The molecule has 0 saturated heterocycles. The van der Waals surface area contributed by atoms with Crippen molar-refractivity contribution < 1.29 is 13.6 Å². The molecule has 0 aliphatic rings. The number of hydrogen-bond donors (Lipinski definition) is 0. The Balaban J connectivity index is 2.06. The molecule has 2 heterocycles. The third-order valence-electron chi connectivity index (χ3n) is 4.38. The zero-order chi connectivity index (χ0) is 17.1. The Labute approximate surface area is 140 Å². The molecule has 0 amide bonds. The van der Waals surface area contributed by atoms with E-state index in [4.69, 9.17) is 13.6 Å². The zero-order valence-electron chi connectivity index (χ0n) is 14.4. The van der Waals surface area contributed by atoms with E-state index in [1.54, 1.807) is 12.3 Å². The van der Waals surface area contributed by atoms with Crippen LogP contribution in [0, 0.1) is 0 Å². The van der Waals surface area contributed by atoms with Crippen molar-refractivity contribution in [3.8, 4) is 5.75 Å². The molecule has 3 aromatic rings. The van der Waals surface area contributed by atoms with Crippen LogP contribution in [-0.4, -0.2) is 30.6 Å². The van der Waals surface area contributed by atoms with Crippen LogP contribution in [0.2, 0.25) is 0 Å². The summed E-state index contributed by atoms with van der Waals surface area (Å²) in [5, 5.41) is 1.76. The van der Waals surface area contributed by atoms with Gasteiger partial charge in [-0.05, 0) is 37.7 Å². The Kier molecular flexibility index (Phi) is 4.90. The molecule has 0 aliphatic carbocycles. The lowest BCUT2D eigenvalue weighted by Gasteiger charge is -2.25. The Hall–Kier alpha value is -2.27. The van der Waals surface area contributed by atoms with Crippen molar-refractivity contribution in [1.29, 1.82) is 0 Å². The van der Waals surface area contributed by atoms with E-state index in [2.05, 4.69) is 25.7 Å². The van der Waals surface area contributed by atoms with Crippen LogP contribution in [0.4, 0.5) is 0 Å². The Morgan fingerprint density at radius 3 is 2.54 bits per heavy atom. The van der Waals surface area contributed by atoms with Crippen LogP contribution in [0.5, 0.6) is 5.75 Å². The van der Waals surface area contributed by atoms with E-state index in [0.717, 1.165) is 36.8 Å². The maximum absolute atomic E-state index is 11.7. The third-order valence-corrected chi connectivity index (χ3v) is 4.38. The Morgan fingerprint density at radius 2 is 1.83 bits per heavy atom. The maximum atomic E-state index is 11.7. The van der Waals surface area contributed by atoms with Crippen LogP contribution in [0.25, 0.3) is 21.9 Å². The van der Waals surface area contributed by atoms with E-state index in [1.165, 1.54) is 6.07 Å². The number of furan rings is 1. The normalized spacial score (nSPS) is 13.0. The lowest BCUT2D eigenvalue weighted by atomic mass is 10.1. The molecule has 0 saturated carbocycles. The van der Waals surface area contributed by atoms with Crippen LogP contribution < -0.4 is 10.4 Å². The summed E-state index contributed by atoms with van der Waals surface area (Å²) in [6, 6.07) is 7.00. The van der Waals surface area contributed by atoms with Gasteiger partial charge in [-0.3, -0.25) is 0 Å². The molecule has 1 unspecified atom stereocenters. The highest BCUT2D eigenvalue weighted by Crippen LogP contribution is 2.35. The molecule has 1 atom stereocenters. The first-order valence-corrected chi connectivity index (χ1v) is 8.49. The van der Waals surface area contributed by atoms with Gasteiger partial charge in [-0.2, -0.15) is 0 Å². The molecule has 0 aliphatic heterocycles. The van der Waals surface area contributed by atoms with Crippen LogP contribution in [0.3, 0.4) is 0 Å². The first-order valence-electron chi connectivity index (χ1n) is 8.49. The molecule has 0 fully saturated rings. The van der Waals surface area contributed by atoms with Crippen molar-refractivity contribution in [3.05, 3.63) is 40.9 Å². The van der Waals surface area contributed by atoms with E-state index in [1.807, 2.05) is 12.1 Å². The molecular formula is C19H23NO4. The summed E-state index contributed by atoms with van der Waals surface area (Å²) in [5.74, 6) is 0.518. The minimum atomic E-state index is -0.393. The SMILES string of the molecule is CCC(CN(CC)CC)Oc1c2occc2cc2ccc(=O)oc12.